The third-order valence-electron chi connectivity index (χ3n) is 4.11. The highest BCUT2D eigenvalue weighted by atomic mass is 16.6. The molecule has 0 saturated heterocycles. The highest BCUT2D eigenvalue weighted by Gasteiger charge is 2.02. The van der Waals surface area contributed by atoms with Crippen LogP contribution in [0, 0.1) is 0 Å². The lowest BCUT2D eigenvalue weighted by Gasteiger charge is -2.08. The molecule has 0 aliphatic heterocycles. The minimum Gasteiger partial charge on any atom is -0.491 e. The Morgan fingerprint density at radius 1 is 0.821 bits per heavy atom. The molecule has 0 atom stereocenters. The first kappa shape index (κ1) is 24.1. The van der Waals surface area contributed by atoms with Crippen molar-refractivity contribution in [3.8, 4) is 5.75 Å². The number of carbonyl (C=O) groups is 2. The molecule has 0 amide bonds. The Hall–Kier alpha value is -1.92. The fourth-order valence-corrected chi connectivity index (χ4v) is 2.52. The summed E-state index contributed by atoms with van der Waals surface area (Å²) in [5.74, 6) is 0.557. The number of esters is 1. The molecule has 0 bridgehead atoms. The lowest BCUT2D eigenvalue weighted by Crippen LogP contribution is -2.14. The van der Waals surface area contributed by atoms with E-state index in [0.717, 1.165) is 19.1 Å². The van der Waals surface area contributed by atoms with Gasteiger partial charge in [-0.3, -0.25) is 9.59 Å². The van der Waals surface area contributed by atoms with E-state index in [4.69, 9.17) is 18.9 Å². The van der Waals surface area contributed by atoms with E-state index in [0.29, 0.717) is 50.8 Å². The molecule has 0 radical (unpaired) electrons. The van der Waals surface area contributed by atoms with E-state index in [1.54, 1.807) is 24.3 Å². The average molecular weight is 395 g/mol. The van der Waals surface area contributed by atoms with Crippen molar-refractivity contribution in [1.82, 2.24) is 0 Å². The van der Waals surface area contributed by atoms with Gasteiger partial charge in [0.15, 0.2) is 0 Å². The van der Waals surface area contributed by atoms with Crippen LogP contribution in [0.15, 0.2) is 24.3 Å². The summed E-state index contributed by atoms with van der Waals surface area (Å²) in [5.41, 5.74) is 0.619. The van der Waals surface area contributed by atoms with E-state index in [1.807, 2.05) is 0 Å². The number of aldehydes is 1. The highest BCUT2D eigenvalue weighted by molar-refractivity contribution is 5.74. The highest BCUT2D eigenvalue weighted by Crippen LogP contribution is 2.10. The van der Waals surface area contributed by atoms with Crippen molar-refractivity contribution in [1.29, 1.82) is 0 Å². The lowest BCUT2D eigenvalue weighted by molar-refractivity contribution is -0.145. The van der Waals surface area contributed by atoms with E-state index >= 15 is 0 Å². The second-order valence-corrected chi connectivity index (χ2v) is 6.50. The van der Waals surface area contributed by atoms with Crippen molar-refractivity contribution in [3.63, 3.8) is 0 Å². The molecular formula is C22H34O6. The van der Waals surface area contributed by atoms with E-state index in [9.17, 15) is 9.59 Å². The van der Waals surface area contributed by atoms with Gasteiger partial charge in [-0.05, 0) is 30.7 Å². The van der Waals surface area contributed by atoms with Crippen LogP contribution in [0.1, 0.15) is 62.2 Å². The fraction of sp³-hybridized carbons (Fsp3) is 0.636. The van der Waals surface area contributed by atoms with Crippen LogP contribution in [-0.4, -0.2) is 51.9 Å². The number of hydrogen-bond donors (Lipinski definition) is 0. The number of hydrogen-bond acceptors (Lipinski definition) is 6. The van der Waals surface area contributed by atoms with Crippen LogP contribution in [-0.2, 0) is 19.0 Å². The Kier molecular flexibility index (Phi) is 14.8. The predicted molar refractivity (Wildman–Crippen MR) is 108 cm³/mol. The molecular weight excluding hydrogens is 360 g/mol. The topological polar surface area (TPSA) is 71.1 Å². The van der Waals surface area contributed by atoms with Crippen LogP contribution >= 0.6 is 0 Å². The van der Waals surface area contributed by atoms with Gasteiger partial charge in [-0.25, -0.2) is 0 Å². The third-order valence-corrected chi connectivity index (χ3v) is 4.11. The van der Waals surface area contributed by atoms with Crippen molar-refractivity contribution in [3.05, 3.63) is 29.8 Å². The zero-order chi connectivity index (χ0) is 20.3. The van der Waals surface area contributed by atoms with Crippen molar-refractivity contribution in [2.45, 2.75) is 51.9 Å². The van der Waals surface area contributed by atoms with Gasteiger partial charge in [-0.2, -0.15) is 0 Å². The van der Waals surface area contributed by atoms with Gasteiger partial charge in [0, 0.05) is 12.0 Å². The Morgan fingerprint density at radius 2 is 1.43 bits per heavy atom. The summed E-state index contributed by atoms with van der Waals surface area (Å²) in [6.07, 6.45) is 8.24. The molecule has 1 rings (SSSR count). The molecule has 0 heterocycles. The number of unbranched alkanes of at least 4 members (excludes halogenated alkanes) is 5. The number of carbonyl (C=O) groups excluding carboxylic acids is 2. The van der Waals surface area contributed by atoms with Crippen LogP contribution in [0.3, 0.4) is 0 Å². The average Bonchev–Trinajstić information content (AvgIpc) is 2.72. The molecule has 1 aromatic carbocycles. The summed E-state index contributed by atoms with van der Waals surface area (Å²) in [6, 6.07) is 6.91. The minimum atomic E-state index is -0.145. The van der Waals surface area contributed by atoms with Gasteiger partial charge in [0.2, 0.25) is 0 Å². The fourth-order valence-electron chi connectivity index (χ4n) is 2.52. The maximum absolute atomic E-state index is 11.6. The first-order valence-electron chi connectivity index (χ1n) is 10.3. The second kappa shape index (κ2) is 17.2. The maximum atomic E-state index is 11.6. The van der Waals surface area contributed by atoms with Crippen molar-refractivity contribution in [2.24, 2.45) is 0 Å². The molecule has 6 nitrogen and oxygen atoms in total. The standard InChI is InChI=1S/C22H34O6/c1-2-3-4-5-6-7-8-22(24)28-18-16-26-14-13-25-15-17-27-21-11-9-20(19-23)10-12-21/h9-12,19H,2-8,13-18H2,1H3. The summed E-state index contributed by atoms with van der Waals surface area (Å²) in [5, 5.41) is 0. The number of ether oxygens (including phenoxy) is 4. The number of benzene rings is 1. The smallest absolute Gasteiger partial charge is 0.305 e. The van der Waals surface area contributed by atoms with Gasteiger partial charge >= 0.3 is 5.97 Å². The molecule has 28 heavy (non-hydrogen) atoms. The van der Waals surface area contributed by atoms with Crippen LogP contribution in [0.25, 0.3) is 0 Å². The normalized spacial score (nSPS) is 10.6. The quantitative estimate of drug-likeness (QED) is 0.211. The molecule has 158 valence electrons. The zero-order valence-corrected chi connectivity index (χ0v) is 17.0. The van der Waals surface area contributed by atoms with Crippen molar-refractivity contribution >= 4 is 12.3 Å². The summed E-state index contributed by atoms with van der Waals surface area (Å²) >= 11 is 0. The Labute approximate surface area is 168 Å². The van der Waals surface area contributed by atoms with Gasteiger partial charge in [0.05, 0.1) is 26.4 Å². The largest absolute Gasteiger partial charge is 0.491 e. The Balaban J connectivity index is 1.83. The first-order valence-corrected chi connectivity index (χ1v) is 10.3. The Morgan fingerprint density at radius 3 is 2.11 bits per heavy atom. The summed E-state index contributed by atoms with van der Waals surface area (Å²) in [6.45, 7) is 4.64. The maximum Gasteiger partial charge on any atom is 0.305 e. The van der Waals surface area contributed by atoms with Crippen LogP contribution < -0.4 is 4.74 Å². The molecule has 0 aliphatic rings. The van der Waals surface area contributed by atoms with Crippen molar-refractivity contribution < 1.29 is 28.5 Å². The second-order valence-electron chi connectivity index (χ2n) is 6.50. The van der Waals surface area contributed by atoms with Gasteiger partial charge in [0.1, 0.15) is 25.2 Å². The molecule has 0 spiro atoms. The molecule has 0 fully saturated rings. The van der Waals surface area contributed by atoms with E-state index in [1.165, 1.54) is 25.7 Å². The number of rotatable bonds is 18. The molecule has 0 unspecified atom stereocenters. The van der Waals surface area contributed by atoms with Gasteiger partial charge in [-0.15, -0.1) is 0 Å². The van der Waals surface area contributed by atoms with E-state index < -0.39 is 0 Å². The van der Waals surface area contributed by atoms with Crippen LogP contribution in [0.4, 0.5) is 0 Å². The van der Waals surface area contributed by atoms with E-state index in [2.05, 4.69) is 6.92 Å². The summed E-state index contributed by atoms with van der Waals surface area (Å²) in [7, 11) is 0. The lowest BCUT2D eigenvalue weighted by atomic mass is 10.1. The van der Waals surface area contributed by atoms with Gasteiger partial charge in [0.25, 0.3) is 0 Å². The van der Waals surface area contributed by atoms with Crippen LogP contribution in [0.2, 0.25) is 0 Å². The molecule has 0 aliphatic carbocycles. The summed E-state index contributed by atoms with van der Waals surface area (Å²) in [4.78, 5) is 22.1. The molecule has 0 saturated carbocycles. The van der Waals surface area contributed by atoms with Crippen LogP contribution in [0.5, 0.6) is 5.75 Å². The first-order chi connectivity index (χ1) is 13.8. The monoisotopic (exact) mass is 394 g/mol. The van der Waals surface area contributed by atoms with Gasteiger partial charge < -0.3 is 18.9 Å². The Bertz CT molecular complexity index is 514. The molecule has 1 aromatic rings. The molecule has 0 aromatic heterocycles. The molecule has 6 heteroatoms. The third kappa shape index (κ3) is 13.3. The molecule has 0 N–H and O–H groups in total. The zero-order valence-electron chi connectivity index (χ0n) is 17.0. The minimum absolute atomic E-state index is 0.145. The van der Waals surface area contributed by atoms with E-state index in [-0.39, 0.29) is 12.6 Å². The SMILES string of the molecule is CCCCCCCCC(=O)OCCOCCOCCOc1ccc(C=O)cc1. The van der Waals surface area contributed by atoms with Crippen molar-refractivity contribution in [2.75, 3.05) is 39.6 Å². The van der Waals surface area contributed by atoms with Gasteiger partial charge in [-0.1, -0.05) is 39.0 Å². The predicted octanol–water partition coefficient (Wildman–Crippen LogP) is 4.20. The summed E-state index contributed by atoms with van der Waals surface area (Å²) < 4.78 is 21.4.